The molecule has 10 unspecified atom stereocenters. The summed E-state index contributed by atoms with van der Waals surface area (Å²) in [4.78, 5) is 11.7. The van der Waals surface area contributed by atoms with Gasteiger partial charge in [0.2, 0.25) is 0 Å². The molecule has 0 aromatic heterocycles. The van der Waals surface area contributed by atoms with Gasteiger partial charge in [-0.25, -0.2) is 0 Å². The van der Waals surface area contributed by atoms with Crippen molar-refractivity contribution in [2.24, 2.45) is 46.3 Å². The van der Waals surface area contributed by atoms with Crippen molar-refractivity contribution in [1.82, 2.24) is 0 Å². The summed E-state index contributed by atoms with van der Waals surface area (Å²) in [6.07, 6.45) is 7.57. The summed E-state index contributed by atoms with van der Waals surface area (Å²) in [5.41, 5.74) is -0.0166. The fourth-order valence-corrected chi connectivity index (χ4v) is 8.22. The first-order chi connectivity index (χ1) is 12.2. The van der Waals surface area contributed by atoms with Gasteiger partial charge in [-0.15, -0.1) is 0 Å². The molecule has 0 saturated heterocycles. The second-order valence-corrected chi connectivity index (χ2v) is 10.5. The standard InChI is InChI=1S/C22H36O4/c1-12(20(25)26)16-6-7-17-15-5-4-13-10-14(23)8-9-21(13,2)18(15)11-19(24)22(16,17)3/h12-19,23-24H,4-11H2,1-3H3,(H,25,26). The first kappa shape index (κ1) is 18.7. The number of hydrogen-bond acceptors (Lipinski definition) is 3. The van der Waals surface area contributed by atoms with E-state index in [0.29, 0.717) is 23.7 Å². The molecule has 4 saturated carbocycles. The SMILES string of the molecule is CC(C(=O)O)C1CCC2C3CCC4CC(O)CCC4(C)C3CC(O)C12C. The lowest BCUT2D eigenvalue weighted by molar-refractivity contribution is -0.178. The molecule has 10 atom stereocenters. The zero-order valence-corrected chi connectivity index (χ0v) is 16.5. The quantitative estimate of drug-likeness (QED) is 0.698. The minimum Gasteiger partial charge on any atom is -0.481 e. The zero-order chi connectivity index (χ0) is 18.9. The third-order valence-corrected chi connectivity index (χ3v) is 9.81. The third-order valence-electron chi connectivity index (χ3n) is 9.81. The van der Waals surface area contributed by atoms with Gasteiger partial charge in [-0.3, -0.25) is 4.79 Å². The smallest absolute Gasteiger partial charge is 0.306 e. The number of carboxylic acids is 1. The molecule has 3 N–H and O–H groups in total. The van der Waals surface area contributed by atoms with E-state index in [9.17, 15) is 20.1 Å². The number of fused-ring (bicyclic) bond motifs is 5. The van der Waals surface area contributed by atoms with Crippen molar-refractivity contribution in [3.05, 3.63) is 0 Å². The van der Waals surface area contributed by atoms with Gasteiger partial charge in [-0.1, -0.05) is 20.8 Å². The van der Waals surface area contributed by atoms with Crippen LogP contribution in [0.15, 0.2) is 0 Å². The minimum atomic E-state index is -0.719. The first-order valence-corrected chi connectivity index (χ1v) is 10.8. The Bertz CT molecular complexity index is 576. The molecule has 0 heterocycles. The monoisotopic (exact) mass is 364 g/mol. The maximum absolute atomic E-state index is 11.7. The zero-order valence-electron chi connectivity index (χ0n) is 16.5. The highest BCUT2D eigenvalue weighted by atomic mass is 16.4. The van der Waals surface area contributed by atoms with E-state index >= 15 is 0 Å². The van der Waals surface area contributed by atoms with Crippen LogP contribution in [0, 0.1) is 46.3 Å². The van der Waals surface area contributed by atoms with Crippen LogP contribution >= 0.6 is 0 Å². The van der Waals surface area contributed by atoms with Crippen molar-refractivity contribution in [1.29, 1.82) is 0 Å². The summed E-state index contributed by atoms with van der Waals surface area (Å²) >= 11 is 0. The minimum absolute atomic E-state index is 0.0830. The molecule has 4 aliphatic carbocycles. The molecular weight excluding hydrogens is 328 g/mol. The Morgan fingerprint density at radius 2 is 1.73 bits per heavy atom. The van der Waals surface area contributed by atoms with Crippen LogP contribution in [0.1, 0.15) is 72.1 Å². The summed E-state index contributed by atoms with van der Waals surface area (Å²) in [7, 11) is 0. The van der Waals surface area contributed by atoms with Gasteiger partial charge in [0, 0.05) is 5.41 Å². The number of carbonyl (C=O) groups is 1. The van der Waals surface area contributed by atoms with Gasteiger partial charge >= 0.3 is 5.97 Å². The fraction of sp³-hybridized carbons (Fsp3) is 0.955. The maximum atomic E-state index is 11.7. The highest BCUT2D eigenvalue weighted by Crippen LogP contribution is 2.68. The second kappa shape index (κ2) is 6.20. The Kier molecular flexibility index (Phi) is 4.47. The molecule has 0 radical (unpaired) electrons. The van der Waals surface area contributed by atoms with Crippen molar-refractivity contribution >= 4 is 5.97 Å². The summed E-state index contributed by atoms with van der Waals surface area (Å²) in [6, 6.07) is 0. The molecule has 4 nitrogen and oxygen atoms in total. The van der Waals surface area contributed by atoms with E-state index in [0.717, 1.165) is 38.5 Å². The van der Waals surface area contributed by atoms with Gasteiger partial charge < -0.3 is 15.3 Å². The van der Waals surface area contributed by atoms with Gasteiger partial charge in [-0.05, 0) is 86.4 Å². The van der Waals surface area contributed by atoms with E-state index in [2.05, 4.69) is 13.8 Å². The Hall–Kier alpha value is -0.610. The molecule has 4 heteroatoms. The van der Waals surface area contributed by atoms with Crippen molar-refractivity contribution in [3.8, 4) is 0 Å². The predicted octanol–water partition coefficient (Wildman–Crippen LogP) is 3.70. The molecule has 0 aromatic carbocycles. The molecule has 0 aromatic rings. The van der Waals surface area contributed by atoms with E-state index in [1.165, 1.54) is 12.8 Å². The molecule has 148 valence electrons. The Morgan fingerprint density at radius 1 is 1.00 bits per heavy atom. The van der Waals surface area contributed by atoms with Crippen molar-refractivity contribution in [2.45, 2.75) is 84.3 Å². The lowest BCUT2D eigenvalue weighted by atomic mass is 9.43. The molecule has 26 heavy (non-hydrogen) atoms. The molecule has 0 spiro atoms. The van der Waals surface area contributed by atoms with Crippen LogP contribution in [-0.4, -0.2) is 33.5 Å². The van der Waals surface area contributed by atoms with Gasteiger partial charge in [0.05, 0.1) is 18.1 Å². The summed E-state index contributed by atoms with van der Waals surface area (Å²) in [5, 5.41) is 31.0. The summed E-state index contributed by atoms with van der Waals surface area (Å²) < 4.78 is 0. The molecule has 0 amide bonds. The number of hydrogen-bond donors (Lipinski definition) is 3. The van der Waals surface area contributed by atoms with Gasteiger partial charge in [-0.2, -0.15) is 0 Å². The van der Waals surface area contributed by atoms with Crippen LogP contribution in [0.5, 0.6) is 0 Å². The van der Waals surface area contributed by atoms with Crippen LogP contribution in [-0.2, 0) is 4.79 Å². The Morgan fingerprint density at radius 3 is 2.42 bits per heavy atom. The van der Waals surface area contributed by atoms with Crippen LogP contribution < -0.4 is 0 Å². The molecular formula is C22H36O4. The predicted molar refractivity (Wildman–Crippen MR) is 99.4 cm³/mol. The first-order valence-electron chi connectivity index (χ1n) is 10.8. The highest BCUT2D eigenvalue weighted by molar-refractivity contribution is 5.70. The lowest BCUT2D eigenvalue weighted by Crippen LogP contribution is -2.59. The van der Waals surface area contributed by atoms with E-state index in [1.54, 1.807) is 0 Å². The summed E-state index contributed by atoms with van der Waals surface area (Å²) in [6.45, 7) is 6.44. The molecule has 4 rings (SSSR count). The molecule has 0 bridgehead atoms. The van der Waals surface area contributed by atoms with Crippen LogP contribution in [0.3, 0.4) is 0 Å². The van der Waals surface area contributed by atoms with E-state index in [4.69, 9.17) is 0 Å². The van der Waals surface area contributed by atoms with Crippen molar-refractivity contribution < 1.29 is 20.1 Å². The molecule has 4 aliphatic rings. The molecule has 0 aliphatic heterocycles. The Balaban J connectivity index is 1.64. The van der Waals surface area contributed by atoms with Gasteiger partial charge in [0.1, 0.15) is 0 Å². The van der Waals surface area contributed by atoms with Gasteiger partial charge in [0.25, 0.3) is 0 Å². The molecule has 4 fully saturated rings. The fourth-order valence-electron chi connectivity index (χ4n) is 8.22. The Labute approximate surface area is 157 Å². The van der Waals surface area contributed by atoms with Crippen LogP contribution in [0.2, 0.25) is 0 Å². The highest BCUT2D eigenvalue weighted by Gasteiger charge is 2.64. The van der Waals surface area contributed by atoms with Crippen molar-refractivity contribution in [2.75, 3.05) is 0 Å². The lowest BCUT2D eigenvalue weighted by Gasteiger charge is -2.62. The average molecular weight is 365 g/mol. The van der Waals surface area contributed by atoms with E-state index in [-0.39, 0.29) is 28.8 Å². The van der Waals surface area contributed by atoms with Gasteiger partial charge in [0.15, 0.2) is 0 Å². The topological polar surface area (TPSA) is 77.8 Å². The maximum Gasteiger partial charge on any atom is 0.306 e. The van der Waals surface area contributed by atoms with E-state index in [1.807, 2.05) is 6.92 Å². The van der Waals surface area contributed by atoms with Crippen LogP contribution in [0.25, 0.3) is 0 Å². The van der Waals surface area contributed by atoms with Crippen LogP contribution in [0.4, 0.5) is 0 Å². The largest absolute Gasteiger partial charge is 0.481 e. The van der Waals surface area contributed by atoms with Crippen molar-refractivity contribution in [3.63, 3.8) is 0 Å². The summed E-state index contributed by atoms with van der Waals surface area (Å²) in [5.74, 6) is 1.16. The third kappa shape index (κ3) is 2.44. The normalized spacial score (nSPS) is 54.7. The van der Waals surface area contributed by atoms with E-state index < -0.39 is 12.1 Å². The number of carboxylic acid groups (broad SMARTS) is 1. The second-order valence-electron chi connectivity index (χ2n) is 10.5. The average Bonchev–Trinajstić information content (AvgIpc) is 2.94. The number of aliphatic hydroxyl groups excluding tert-OH is 2. The number of aliphatic hydroxyl groups is 2. The number of aliphatic carboxylic acids is 1. The number of rotatable bonds is 2.